The molecule has 1 saturated carbocycles. The van der Waals surface area contributed by atoms with Gasteiger partial charge in [-0.2, -0.15) is 0 Å². The number of aryl methyl sites for hydroxylation is 2. The number of amides is 2. The van der Waals surface area contributed by atoms with E-state index in [0.717, 1.165) is 36.8 Å². The minimum absolute atomic E-state index is 0.0879. The number of nitrogens with one attached hydrogen (secondary N) is 1. The number of hydrogen-bond donors (Lipinski definition) is 1. The molecular weight excluding hydrogens is 444 g/mol. The summed E-state index contributed by atoms with van der Waals surface area (Å²) in [4.78, 5) is 29.3. The number of rotatable bonds is 8. The predicted molar refractivity (Wildman–Crippen MR) is 134 cm³/mol. The Labute approximate surface area is 206 Å². The molecule has 0 spiro atoms. The first kappa shape index (κ1) is 24.4. The molecule has 2 aromatic carbocycles. The molecule has 0 radical (unpaired) electrons. The van der Waals surface area contributed by atoms with Crippen molar-refractivity contribution in [3.63, 3.8) is 0 Å². The zero-order valence-corrected chi connectivity index (χ0v) is 20.7. The van der Waals surface area contributed by atoms with Crippen molar-refractivity contribution >= 4 is 17.5 Å². The van der Waals surface area contributed by atoms with E-state index in [2.05, 4.69) is 5.32 Å². The van der Waals surface area contributed by atoms with Crippen molar-refractivity contribution in [1.29, 1.82) is 0 Å². The fourth-order valence-corrected chi connectivity index (χ4v) is 4.78. The van der Waals surface area contributed by atoms with Gasteiger partial charge >= 0.3 is 0 Å². The molecule has 3 aromatic rings. The minimum Gasteiger partial charge on any atom is -0.493 e. The third-order valence-corrected chi connectivity index (χ3v) is 6.37. The van der Waals surface area contributed by atoms with E-state index in [1.54, 1.807) is 44.6 Å². The summed E-state index contributed by atoms with van der Waals surface area (Å²) < 4.78 is 16.4. The van der Waals surface area contributed by atoms with Gasteiger partial charge in [0.15, 0.2) is 17.3 Å². The highest BCUT2D eigenvalue weighted by Crippen LogP contribution is 2.36. The van der Waals surface area contributed by atoms with Gasteiger partial charge < -0.3 is 19.2 Å². The first-order valence-electron chi connectivity index (χ1n) is 11.9. The summed E-state index contributed by atoms with van der Waals surface area (Å²) in [6, 6.07) is 13.6. The molecule has 0 unspecified atom stereocenters. The maximum Gasteiger partial charge on any atom is 0.294 e. The molecule has 1 heterocycles. The molecule has 7 nitrogen and oxygen atoms in total. The Hall–Kier alpha value is -3.74. The molecule has 35 heavy (non-hydrogen) atoms. The quantitative estimate of drug-likeness (QED) is 0.473. The monoisotopic (exact) mass is 476 g/mol. The van der Waals surface area contributed by atoms with Crippen LogP contribution in [0.3, 0.4) is 0 Å². The van der Waals surface area contributed by atoms with Crippen LogP contribution >= 0.6 is 0 Å². The second kappa shape index (κ2) is 10.7. The average molecular weight is 477 g/mol. The Balaban J connectivity index is 1.87. The highest BCUT2D eigenvalue weighted by molar-refractivity contribution is 6.08. The number of carbonyl (C=O) groups is 2. The van der Waals surface area contributed by atoms with E-state index in [4.69, 9.17) is 13.9 Å². The van der Waals surface area contributed by atoms with Gasteiger partial charge in [-0.3, -0.25) is 14.5 Å². The molecule has 1 fully saturated rings. The van der Waals surface area contributed by atoms with Gasteiger partial charge in [0, 0.05) is 11.7 Å². The lowest BCUT2D eigenvalue weighted by Crippen LogP contribution is -2.46. The summed E-state index contributed by atoms with van der Waals surface area (Å²) in [5.41, 5.74) is 3.20. The third kappa shape index (κ3) is 5.34. The number of furan rings is 1. The first-order valence-corrected chi connectivity index (χ1v) is 11.9. The number of hydrogen-bond acceptors (Lipinski definition) is 5. The van der Waals surface area contributed by atoms with E-state index < -0.39 is 11.9 Å². The number of nitrogens with zero attached hydrogens (tertiary/aromatic N) is 1. The van der Waals surface area contributed by atoms with Crippen molar-refractivity contribution in [3.05, 3.63) is 77.2 Å². The van der Waals surface area contributed by atoms with Gasteiger partial charge in [0.1, 0.15) is 6.04 Å². The molecular formula is C28H32N2O5. The van der Waals surface area contributed by atoms with Crippen LogP contribution in [-0.4, -0.2) is 32.1 Å². The van der Waals surface area contributed by atoms with Crippen LogP contribution < -0.4 is 19.7 Å². The second-order valence-electron chi connectivity index (χ2n) is 9.01. The van der Waals surface area contributed by atoms with E-state index >= 15 is 0 Å². The summed E-state index contributed by atoms with van der Waals surface area (Å²) in [6.45, 7) is 3.94. The normalized spacial score (nSPS) is 14.4. The molecule has 1 aliphatic rings. The van der Waals surface area contributed by atoms with Crippen LogP contribution in [0, 0.1) is 13.8 Å². The van der Waals surface area contributed by atoms with Crippen LogP contribution in [0.1, 0.15) is 59.0 Å². The van der Waals surface area contributed by atoms with E-state index in [-0.39, 0.29) is 17.7 Å². The lowest BCUT2D eigenvalue weighted by atomic mass is 10.00. The largest absolute Gasteiger partial charge is 0.493 e. The molecule has 1 atom stereocenters. The molecule has 0 bridgehead atoms. The molecule has 0 saturated heterocycles. The molecule has 0 aliphatic heterocycles. The van der Waals surface area contributed by atoms with Crippen molar-refractivity contribution < 1.29 is 23.5 Å². The van der Waals surface area contributed by atoms with Crippen molar-refractivity contribution in [3.8, 4) is 11.5 Å². The summed E-state index contributed by atoms with van der Waals surface area (Å²) >= 11 is 0. The van der Waals surface area contributed by atoms with E-state index in [1.807, 2.05) is 32.0 Å². The van der Waals surface area contributed by atoms with Crippen LogP contribution in [-0.2, 0) is 4.79 Å². The van der Waals surface area contributed by atoms with Crippen molar-refractivity contribution in [2.45, 2.75) is 51.6 Å². The minimum atomic E-state index is -0.950. The van der Waals surface area contributed by atoms with Gasteiger partial charge in [-0.05, 0) is 79.8 Å². The second-order valence-corrected chi connectivity index (χ2v) is 9.01. The van der Waals surface area contributed by atoms with Gasteiger partial charge in [0.25, 0.3) is 5.91 Å². The molecule has 1 aromatic heterocycles. The van der Waals surface area contributed by atoms with Gasteiger partial charge in [0.2, 0.25) is 5.91 Å². The van der Waals surface area contributed by atoms with Crippen molar-refractivity contribution in [1.82, 2.24) is 5.32 Å². The maximum atomic E-state index is 13.9. The number of methoxy groups -OCH3 is 2. The van der Waals surface area contributed by atoms with E-state index in [0.29, 0.717) is 22.7 Å². The Bertz CT molecular complexity index is 1160. The molecule has 7 heteroatoms. The summed E-state index contributed by atoms with van der Waals surface area (Å²) in [5, 5.41) is 3.19. The number of carbonyl (C=O) groups excluding carboxylic acids is 2. The predicted octanol–water partition coefficient (Wildman–Crippen LogP) is 5.36. The highest BCUT2D eigenvalue weighted by atomic mass is 16.5. The van der Waals surface area contributed by atoms with E-state index in [1.165, 1.54) is 11.2 Å². The Morgan fingerprint density at radius 3 is 2.26 bits per heavy atom. The van der Waals surface area contributed by atoms with Gasteiger partial charge in [-0.1, -0.05) is 25.0 Å². The standard InChI is InChI=1S/C28H32N2O5/c1-18-14-19(2)16-22(15-18)30(28(32)24-10-7-13-35-24)26(27(31)29-21-8-5-6-9-21)20-11-12-23(33-3)25(17-20)34-4/h7,10-17,21,26H,5-6,8-9H2,1-4H3,(H,29,31)/t26-/m0/s1. The Morgan fingerprint density at radius 1 is 0.971 bits per heavy atom. The molecule has 184 valence electrons. The molecule has 1 N–H and O–H groups in total. The van der Waals surface area contributed by atoms with Gasteiger partial charge in [-0.15, -0.1) is 0 Å². The fourth-order valence-electron chi connectivity index (χ4n) is 4.78. The van der Waals surface area contributed by atoms with Gasteiger partial charge in [0.05, 0.1) is 20.5 Å². The van der Waals surface area contributed by atoms with Crippen molar-refractivity contribution in [2.75, 3.05) is 19.1 Å². The molecule has 4 rings (SSSR count). The zero-order valence-electron chi connectivity index (χ0n) is 20.7. The molecule has 2 amide bonds. The Kier molecular flexibility index (Phi) is 7.44. The fraction of sp³-hybridized carbons (Fsp3) is 0.357. The Morgan fingerprint density at radius 2 is 1.66 bits per heavy atom. The third-order valence-electron chi connectivity index (χ3n) is 6.37. The lowest BCUT2D eigenvalue weighted by molar-refractivity contribution is -0.123. The SMILES string of the molecule is COc1ccc([C@@H](C(=O)NC2CCCC2)N(C(=O)c2ccco2)c2cc(C)cc(C)c2)cc1OC. The summed E-state index contributed by atoms with van der Waals surface area (Å²) in [5.74, 6) is 0.531. The number of ether oxygens (including phenoxy) is 2. The van der Waals surface area contributed by atoms with Crippen LogP contribution in [0.15, 0.2) is 59.2 Å². The molecule has 1 aliphatic carbocycles. The number of benzene rings is 2. The topological polar surface area (TPSA) is 81.0 Å². The van der Waals surface area contributed by atoms with Gasteiger partial charge in [-0.25, -0.2) is 0 Å². The highest BCUT2D eigenvalue weighted by Gasteiger charge is 2.36. The van der Waals surface area contributed by atoms with Crippen LogP contribution in [0.5, 0.6) is 11.5 Å². The van der Waals surface area contributed by atoms with Crippen LogP contribution in [0.4, 0.5) is 5.69 Å². The number of anilines is 1. The maximum absolute atomic E-state index is 13.9. The first-order chi connectivity index (χ1) is 16.9. The summed E-state index contributed by atoms with van der Waals surface area (Å²) in [7, 11) is 3.11. The lowest BCUT2D eigenvalue weighted by Gasteiger charge is -2.32. The summed E-state index contributed by atoms with van der Waals surface area (Å²) in [6.07, 6.45) is 5.48. The van der Waals surface area contributed by atoms with E-state index in [9.17, 15) is 9.59 Å². The smallest absolute Gasteiger partial charge is 0.294 e. The zero-order chi connectivity index (χ0) is 24.9. The van der Waals surface area contributed by atoms with Crippen LogP contribution in [0.2, 0.25) is 0 Å². The van der Waals surface area contributed by atoms with Crippen molar-refractivity contribution in [2.24, 2.45) is 0 Å². The van der Waals surface area contributed by atoms with Crippen LogP contribution in [0.25, 0.3) is 0 Å². The average Bonchev–Trinajstić information content (AvgIpc) is 3.55.